The Morgan fingerprint density at radius 3 is 2.52 bits per heavy atom. The number of fused-ring (bicyclic) bond motifs is 2. The molecule has 0 aliphatic carbocycles. The van der Waals surface area contributed by atoms with E-state index in [4.69, 9.17) is 8.83 Å². The Morgan fingerprint density at radius 1 is 0.950 bits per heavy atom. The number of aryl methyl sites for hydroxylation is 1. The Morgan fingerprint density at radius 2 is 1.75 bits per heavy atom. The molecule has 3 aromatic carbocycles. The lowest BCUT2D eigenvalue weighted by Crippen LogP contribution is -2.11. The lowest BCUT2D eigenvalue weighted by Gasteiger charge is -2.12. The molecule has 0 aliphatic rings. The van der Waals surface area contributed by atoms with Crippen LogP contribution in [-0.4, -0.2) is 27.4 Å². The Balaban J connectivity index is 1.33. The summed E-state index contributed by atoms with van der Waals surface area (Å²) < 4.78 is 11.9. The van der Waals surface area contributed by atoms with Gasteiger partial charge in [0.2, 0.25) is 5.71 Å². The maximum Gasteiger partial charge on any atom is 0.255 e. The predicted octanol–water partition coefficient (Wildman–Crippen LogP) is 7.72. The van der Waals surface area contributed by atoms with Crippen LogP contribution in [0.4, 0.5) is 11.5 Å². The molecule has 2 N–H and O–H groups in total. The molecule has 0 bridgehead atoms. The second-order valence-corrected chi connectivity index (χ2v) is 9.92. The number of rotatable bonds is 8. The molecule has 200 valence electrons. The molecule has 6 rings (SSSR count). The number of hydrogen-bond acceptors (Lipinski definition) is 7. The number of anilines is 2. The summed E-state index contributed by atoms with van der Waals surface area (Å²) in [5.74, 6) is 2.28. The van der Waals surface area contributed by atoms with Gasteiger partial charge < -0.3 is 19.5 Å². The zero-order chi connectivity index (χ0) is 27.6. The zero-order valence-corrected chi connectivity index (χ0v) is 22.6. The van der Waals surface area contributed by atoms with E-state index in [2.05, 4.69) is 51.6 Å². The van der Waals surface area contributed by atoms with E-state index in [1.807, 2.05) is 42.5 Å². The van der Waals surface area contributed by atoms with Gasteiger partial charge in [-0.15, -0.1) is 0 Å². The molecule has 0 radical (unpaired) electrons. The quantitative estimate of drug-likeness (QED) is 0.207. The highest BCUT2D eigenvalue weighted by Crippen LogP contribution is 2.42. The van der Waals surface area contributed by atoms with Crippen LogP contribution in [-0.2, 0) is 0 Å². The van der Waals surface area contributed by atoms with E-state index in [1.165, 1.54) is 6.33 Å². The topological polar surface area (TPSA) is 106 Å². The Labute approximate surface area is 231 Å². The average molecular weight is 532 g/mol. The van der Waals surface area contributed by atoms with Crippen LogP contribution in [0, 0.1) is 12.8 Å². The predicted molar refractivity (Wildman–Crippen MR) is 157 cm³/mol. The van der Waals surface area contributed by atoms with Gasteiger partial charge in [-0.3, -0.25) is 4.79 Å². The van der Waals surface area contributed by atoms with E-state index in [0.717, 1.165) is 40.9 Å². The Hall–Kier alpha value is -4.98. The fraction of sp³-hybridized carbons (Fsp3) is 0.188. The lowest BCUT2D eigenvalue weighted by molar-refractivity contribution is 0.102. The van der Waals surface area contributed by atoms with Crippen molar-refractivity contribution in [1.29, 1.82) is 0 Å². The minimum Gasteiger partial charge on any atom is -0.441 e. The van der Waals surface area contributed by atoms with Crippen molar-refractivity contribution in [3.05, 3.63) is 90.6 Å². The van der Waals surface area contributed by atoms with Gasteiger partial charge in [0.1, 0.15) is 23.4 Å². The van der Waals surface area contributed by atoms with Crippen molar-refractivity contribution in [2.24, 2.45) is 5.92 Å². The molecular weight excluding hydrogens is 502 g/mol. The van der Waals surface area contributed by atoms with Crippen LogP contribution in [0.25, 0.3) is 44.7 Å². The lowest BCUT2D eigenvalue weighted by atomic mass is 9.99. The molecule has 3 aromatic heterocycles. The van der Waals surface area contributed by atoms with Crippen molar-refractivity contribution in [1.82, 2.24) is 15.0 Å². The maximum absolute atomic E-state index is 12.9. The van der Waals surface area contributed by atoms with Crippen LogP contribution in [0.15, 0.2) is 88.0 Å². The first-order valence-electron chi connectivity index (χ1n) is 13.4. The van der Waals surface area contributed by atoms with Gasteiger partial charge in [-0.05, 0) is 53.9 Å². The summed E-state index contributed by atoms with van der Waals surface area (Å²) in [5.41, 5.74) is 5.79. The molecule has 1 amide bonds. The molecule has 6 aromatic rings. The second kappa shape index (κ2) is 10.6. The molecule has 3 heterocycles. The number of furan rings is 1. The summed E-state index contributed by atoms with van der Waals surface area (Å²) in [5, 5.41) is 7.32. The first-order chi connectivity index (χ1) is 19.5. The molecule has 8 nitrogen and oxygen atoms in total. The largest absolute Gasteiger partial charge is 0.441 e. The van der Waals surface area contributed by atoms with Gasteiger partial charge in [-0.2, -0.15) is 0 Å². The van der Waals surface area contributed by atoms with Crippen LogP contribution < -0.4 is 10.6 Å². The van der Waals surface area contributed by atoms with Crippen LogP contribution >= 0.6 is 0 Å². The number of amides is 1. The van der Waals surface area contributed by atoms with Gasteiger partial charge in [0.15, 0.2) is 11.5 Å². The number of aromatic nitrogens is 3. The van der Waals surface area contributed by atoms with Crippen molar-refractivity contribution < 1.29 is 13.6 Å². The molecule has 0 saturated heterocycles. The summed E-state index contributed by atoms with van der Waals surface area (Å²) in [7, 11) is 0. The molecule has 8 heteroatoms. The standard InChI is InChI=1S/C32H29N5O3/c1-4-19(2)17-33-30-28-27(21-8-6-5-7-9-21)29(40-32(28)35-18-34-30)22-10-13-24(14-11-22)37-31(38)23-12-15-26-25(16-23)36-20(3)39-26/h5-16,18-19H,4,17H2,1-3H3,(H,37,38)(H,33,34,35). The van der Waals surface area contributed by atoms with E-state index < -0.39 is 0 Å². The maximum atomic E-state index is 12.9. The summed E-state index contributed by atoms with van der Waals surface area (Å²) in [4.78, 5) is 26.3. The van der Waals surface area contributed by atoms with Gasteiger partial charge in [-0.1, -0.05) is 50.6 Å². The number of carbonyl (C=O) groups excluding carboxylic acids is 1. The van der Waals surface area contributed by atoms with Crippen molar-refractivity contribution in [2.75, 3.05) is 17.2 Å². The van der Waals surface area contributed by atoms with Crippen LogP contribution in [0.2, 0.25) is 0 Å². The van der Waals surface area contributed by atoms with Gasteiger partial charge >= 0.3 is 0 Å². The van der Waals surface area contributed by atoms with E-state index in [-0.39, 0.29) is 5.91 Å². The highest BCUT2D eigenvalue weighted by atomic mass is 16.3. The normalized spacial score (nSPS) is 12.1. The minimum absolute atomic E-state index is 0.226. The molecule has 0 saturated carbocycles. The van der Waals surface area contributed by atoms with E-state index in [9.17, 15) is 4.79 Å². The summed E-state index contributed by atoms with van der Waals surface area (Å²) in [6, 6.07) is 22.9. The molecule has 0 fully saturated rings. The van der Waals surface area contributed by atoms with E-state index >= 15 is 0 Å². The first-order valence-corrected chi connectivity index (χ1v) is 13.4. The smallest absolute Gasteiger partial charge is 0.255 e. The monoisotopic (exact) mass is 531 g/mol. The molecule has 1 atom stereocenters. The van der Waals surface area contributed by atoms with Crippen molar-refractivity contribution in [2.45, 2.75) is 27.2 Å². The van der Waals surface area contributed by atoms with Crippen molar-refractivity contribution >= 4 is 39.6 Å². The SMILES string of the molecule is CCC(C)CNc1ncnc2oc(-c3ccc(NC(=O)c4ccc5oc(C)nc5c4)cc3)c(-c3ccccc3)c12. The van der Waals surface area contributed by atoms with Crippen LogP contribution in [0.1, 0.15) is 36.5 Å². The zero-order valence-electron chi connectivity index (χ0n) is 22.6. The van der Waals surface area contributed by atoms with Gasteiger partial charge in [0.25, 0.3) is 5.91 Å². The van der Waals surface area contributed by atoms with Crippen molar-refractivity contribution in [3.63, 3.8) is 0 Å². The van der Waals surface area contributed by atoms with Crippen LogP contribution in [0.5, 0.6) is 0 Å². The van der Waals surface area contributed by atoms with Crippen molar-refractivity contribution in [3.8, 4) is 22.5 Å². The second-order valence-electron chi connectivity index (χ2n) is 9.92. The number of nitrogens with zero attached hydrogens (tertiary/aromatic N) is 3. The van der Waals surface area contributed by atoms with E-state index in [1.54, 1.807) is 25.1 Å². The Kier molecular flexibility index (Phi) is 6.74. The van der Waals surface area contributed by atoms with Gasteiger partial charge in [-0.25, -0.2) is 15.0 Å². The Bertz CT molecular complexity index is 1810. The summed E-state index contributed by atoms with van der Waals surface area (Å²) in [6.45, 7) is 6.96. The fourth-order valence-corrected chi connectivity index (χ4v) is 4.66. The van der Waals surface area contributed by atoms with Crippen LogP contribution in [0.3, 0.4) is 0 Å². The highest BCUT2D eigenvalue weighted by Gasteiger charge is 2.22. The molecule has 0 aliphatic heterocycles. The third-order valence-corrected chi connectivity index (χ3v) is 7.03. The average Bonchev–Trinajstić information content (AvgIpc) is 3.56. The minimum atomic E-state index is -0.226. The third-order valence-electron chi connectivity index (χ3n) is 7.03. The molecule has 40 heavy (non-hydrogen) atoms. The molecule has 0 spiro atoms. The molecule has 1 unspecified atom stereocenters. The van der Waals surface area contributed by atoms with Gasteiger partial charge in [0, 0.05) is 35.8 Å². The number of oxazole rings is 1. The number of benzene rings is 3. The molecular formula is C32H29N5O3. The van der Waals surface area contributed by atoms with E-state index in [0.29, 0.717) is 45.6 Å². The fourth-order valence-electron chi connectivity index (χ4n) is 4.66. The summed E-state index contributed by atoms with van der Waals surface area (Å²) in [6.07, 6.45) is 2.60. The third kappa shape index (κ3) is 4.91. The number of carbonyl (C=O) groups is 1. The first kappa shape index (κ1) is 25.3. The van der Waals surface area contributed by atoms with Gasteiger partial charge in [0.05, 0.1) is 5.39 Å². The number of nitrogens with one attached hydrogen (secondary N) is 2. The highest BCUT2D eigenvalue weighted by molar-refractivity contribution is 6.07. The summed E-state index contributed by atoms with van der Waals surface area (Å²) >= 11 is 0. The number of hydrogen-bond donors (Lipinski definition) is 2.